The van der Waals surface area contributed by atoms with Crippen molar-refractivity contribution in [1.29, 1.82) is 0 Å². The minimum Gasteiger partial charge on any atom is -0.356 e. The van der Waals surface area contributed by atoms with Crippen molar-refractivity contribution in [2.45, 2.75) is 24.5 Å². The Morgan fingerprint density at radius 1 is 1.43 bits per heavy atom. The molecule has 4 heteroatoms. The molecule has 0 aliphatic carbocycles. The van der Waals surface area contributed by atoms with E-state index in [2.05, 4.69) is 10.6 Å². The summed E-state index contributed by atoms with van der Waals surface area (Å²) in [4.78, 5) is 11.3. The van der Waals surface area contributed by atoms with Gasteiger partial charge in [-0.2, -0.15) is 11.8 Å². The van der Waals surface area contributed by atoms with Crippen LogP contribution in [0.15, 0.2) is 0 Å². The molecule has 2 fully saturated rings. The third-order valence-corrected chi connectivity index (χ3v) is 4.41. The number of rotatable bonds is 3. The van der Waals surface area contributed by atoms with Gasteiger partial charge in [-0.05, 0) is 37.6 Å². The van der Waals surface area contributed by atoms with Crippen LogP contribution in [0, 0.1) is 5.92 Å². The maximum Gasteiger partial charge on any atom is 0.221 e. The molecule has 0 bridgehead atoms. The molecule has 0 aromatic heterocycles. The van der Waals surface area contributed by atoms with Gasteiger partial charge >= 0.3 is 0 Å². The van der Waals surface area contributed by atoms with E-state index in [1.807, 2.05) is 11.8 Å². The SMILES string of the molecule is O=C1CC(SCC2CNC2)CCCN1. The van der Waals surface area contributed by atoms with Gasteiger partial charge in [0.15, 0.2) is 0 Å². The Bertz CT molecular complexity index is 206. The van der Waals surface area contributed by atoms with Crippen molar-refractivity contribution in [2.24, 2.45) is 5.92 Å². The Hall–Kier alpha value is -0.220. The van der Waals surface area contributed by atoms with Crippen LogP contribution in [0.4, 0.5) is 0 Å². The summed E-state index contributed by atoms with van der Waals surface area (Å²) >= 11 is 2.00. The van der Waals surface area contributed by atoms with E-state index in [0.29, 0.717) is 5.25 Å². The number of thioether (sulfide) groups is 1. The van der Waals surface area contributed by atoms with E-state index >= 15 is 0 Å². The first-order chi connectivity index (χ1) is 6.84. The van der Waals surface area contributed by atoms with Crippen molar-refractivity contribution in [2.75, 3.05) is 25.4 Å². The molecule has 2 saturated heterocycles. The predicted molar refractivity (Wildman–Crippen MR) is 59.5 cm³/mol. The van der Waals surface area contributed by atoms with Gasteiger partial charge in [-0.1, -0.05) is 0 Å². The molecule has 2 aliphatic heterocycles. The van der Waals surface area contributed by atoms with E-state index in [0.717, 1.165) is 25.3 Å². The van der Waals surface area contributed by atoms with Crippen molar-refractivity contribution >= 4 is 17.7 Å². The molecule has 0 radical (unpaired) electrons. The molecule has 14 heavy (non-hydrogen) atoms. The second-order valence-corrected chi connectivity index (χ2v) is 5.51. The Balaban J connectivity index is 1.69. The second kappa shape index (κ2) is 5.03. The predicted octanol–water partition coefficient (Wildman–Crippen LogP) is 0.608. The molecule has 2 N–H and O–H groups in total. The normalized spacial score (nSPS) is 29.1. The van der Waals surface area contributed by atoms with Gasteiger partial charge in [0.05, 0.1) is 0 Å². The lowest BCUT2D eigenvalue weighted by molar-refractivity contribution is -0.120. The van der Waals surface area contributed by atoms with Gasteiger partial charge in [0.25, 0.3) is 0 Å². The highest BCUT2D eigenvalue weighted by Crippen LogP contribution is 2.24. The van der Waals surface area contributed by atoms with Crippen LogP contribution >= 0.6 is 11.8 Å². The van der Waals surface area contributed by atoms with Crippen molar-refractivity contribution < 1.29 is 4.79 Å². The van der Waals surface area contributed by atoms with Crippen LogP contribution in [0.25, 0.3) is 0 Å². The van der Waals surface area contributed by atoms with Crippen LogP contribution in [-0.4, -0.2) is 36.5 Å². The molecule has 0 spiro atoms. The summed E-state index contributed by atoms with van der Waals surface area (Å²) in [5.74, 6) is 2.32. The molecule has 2 heterocycles. The lowest BCUT2D eigenvalue weighted by Crippen LogP contribution is -2.43. The number of hydrogen-bond acceptors (Lipinski definition) is 3. The Kier molecular flexibility index (Phi) is 3.70. The summed E-state index contributed by atoms with van der Waals surface area (Å²) in [6.45, 7) is 3.22. The molecular formula is C10H18N2OS. The van der Waals surface area contributed by atoms with E-state index in [-0.39, 0.29) is 5.91 Å². The van der Waals surface area contributed by atoms with E-state index in [9.17, 15) is 4.79 Å². The van der Waals surface area contributed by atoms with E-state index < -0.39 is 0 Å². The average Bonchev–Trinajstić information content (AvgIpc) is 2.27. The molecule has 0 aromatic carbocycles. The number of nitrogens with one attached hydrogen (secondary N) is 2. The first-order valence-electron chi connectivity index (χ1n) is 5.43. The molecule has 2 rings (SSSR count). The second-order valence-electron chi connectivity index (χ2n) is 4.18. The average molecular weight is 214 g/mol. The number of carbonyl (C=O) groups is 1. The van der Waals surface area contributed by atoms with E-state index in [1.165, 1.54) is 25.3 Å². The van der Waals surface area contributed by atoms with E-state index in [1.54, 1.807) is 0 Å². The first-order valence-corrected chi connectivity index (χ1v) is 6.48. The zero-order valence-corrected chi connectivity index (χ0v) is 9.24. The smallest absolute Gasteiger partial charge is 0.221 e. The summed E-state index contributed by atoms with van der Waals surface area (Å²) in [6, 6.07) is 0. The highest BCUT2D eigenvalue weighted by atomic mass is 32.2. The van der Waals surface area contributed by atoms with Crippen LogP contribution < -0.4 is 10.6 Å². The third-order valence-electron chi connectivity index (χ3n) is 2.87. The van der Waals surface area contributed by atoms with Crippen LogP contribution in [0.2, 0.25) is 0 Å². The molecule has 80 valence electrons. The van der Waals surface area contributed by atoms with Gasteiger partial charge in [-0.15, -0.1) is 0 Å². The summed E-state index contributed by atoms with van der Waals surface area (Å²) in [5.41, 5.74) is 0. The standard InChI is InChI=1S/C10H18N2OS/c13-10-4-9(2-1-3-12-10)14-7-8-5-11-6-8/h8-9,11H,1-7H2,(H,12,13). The van der Waals surface area contributed by atoms with E-state index in [4.69, 9.17) is 0 Å². The Labute approximate surface area is 89.4 Å². The van der Waals surface area contributed by atoms with Crippen molar-refractivity contribution in [3.8, 4) is 0 Å². The van der Waals surface area contributed by atoms with Crippen LogP contribution in [0.3, 0.4) is 0 Å². The van der Waals surface area contributed by atoms with Crippen molar-refractivity contribution in [3.05, 3.63) is 0 Å². The minimum absolute atomic E-state index is 0.242. The molecule has 1 unspecified atom stereocenters. The Morgan fingerprint density at radius 3 is 3.00 bits per heavy atom. The Morgan fingerprint density at radius 2 is 2.29 bits per heavy atom. The maximum absolute atomic E-state index is 11.3. The number of carbonyl (C=O) groups excluding carboxylic acids is 1. The molecular weight excluding hydrogens is 196 g/mol. The van der Waals surface area contributed by atoms with Gasteiger partial charge in [-0.25, -0.2) is 0 Å². The van der Waals surface area contributed by atoms with Crippen LogP contribution in [0.5, 0.6) is 0 Å². The highest BCUT2D eigenvalue weighted by Gasteiger charge is 2.21. The van der Waals surface area contributed by atoms with Crippen LogP contribution in [0.1, 0.15) is 19.3 Å². The van der Waals surface area contributed by atoms with Gasteiger partial charge in [-0.3, -0.25) is 4.79 Å². The fraction of sp³-hybridized carbons (Fsp3) is 0.900. The van der Waals surface area contributed by atoms with Gasteiger partial charge in [0.1, 0.15) is 0 Å². The lowest BCUT2D eigenvalue weighted by atomic mass is 10.1. The quantitative estimate of drug-likeness (QED) is 0.723. The highest BCUT2D eigenvalue weighted by molar-refractivity contribution is 7.99. The molecule has 1 atom stereocenters. The monoisotopic (exact) mass is 214 g/mol. The zero-order valence-electron chi connectivity index (χ0n) is 8.42. The maximum atomic E-state index is 11.3. The topological polar surface area (TPSA) is 41.1 Å². The summed E-state index contributed by atoms with van der Waals surface area (Å²) in [6.07, 6.45) is 3.07. The summed E-state index contributed by atoms with van der Waals surface area (Å²) in [7, 11) is 0. The largest absolute Gasteiger partial charge is 0.356 e. The van der Waals surface area contributed by atoms with Crippen LogP contribution in [-0.2, 0) is 4.79 Å². The molecule has 0 aromatic rings. The molecule has 2 aliphatic rings. The number of hydrogen-bond donors (Lipinski definition) is 2. The fourth-order valence-electron chi connectivity index (χ4n) is 1.82. The van der Waals surface area contributed by atoms with Gasteiger partial charge in [0, 0.05) is 18.2 Å². The summed E-state index contributed by atoms with van der Waals surface area (Å²) in [5, 5.41) is 6.77. The first kappa shape index (κ1) is 10.3. The molecule has 1 amide bonds. The number of amides is 1. The minimum atomic E-state index is 0.242. The van der Waals surface area contributed by atoms with Crippen molar-refractivity contribution in [1.82, 2.24) is 10.6 Å². The summed E-state index contributed by atoms with van der Waals surface area (Å²) < 4.78 is 0. The molecule has 3 nitrogen and oxygen atoms in total. The fourth-order valence-corrected chi connectivity index (χ4v) is 3.20. The lowest BCUT2D eigenvalue weighted by Gasteiger charge is -2.28. The molecule has 0 saturated carbocycles. The van der Waals surface area contributed by atoms with Crippen molar-refractivity contribution in [3.63, 3.8) is 0 Å². The third kappa shape index (κ3) is 2.89. The van der Waals surface area contributed by atoms with Gasteiger partial charge in [0.2, 0.25) is 5.91 Å². The zero-order chi connectivity index (χ0) is 9.80. The van der Waals surface area contributed by atoms with Gasteiger partial charge < -0.3 is 10.6 Å².